The number of rotatable bonds is 7. The van der Waals surface area contributed by atoms with Gasteiger partial charge in [0.2, 0.25) is 0 Å². The molecule has 4 heteroatoms. The zero-order chi connectivity index (χ0) is 12.7. The lowest BCUT2D eigenvalue weighted by Crippen LogP contribution is -2.16. The molecule has 1 aliphatic rings. The van der Waals surface area contributed by atoms with E-state index in [9.17, 15) is 9.59 Å². The first-order chi connectivity index (χ1) is 8.17. The molecule has 0 bridgehead atoms. The molecule has 0 aromatic carbocycles. The van der Waals surface area contributed by atoms with Crippen LogP contribution in [0.1, 0.15) is 45.4 Å². The lowest BCUT2D eigenvalue weighted by atomic mass is 9.89. The van der Waals surface area contributed by atoms with E-state index in [-0.39, 0.29) is 30.9 Å². The van der Waals surface area contributed by atoms with Crippen LogP contribution >= 0.6 is 0 Å². The lowest BCUT2D eigenvalue weighted by Gasteiger charge is -2.17. The molecule has 98 valence electrons. The highest BCUT2D eigenvalue weighted by Crippen LogP contribution is 2.35. The molecule has 0 aromatic rings. The highest BCUT2D eigenvalue weighted by molar-refractivity contribution is 5.82. The van der Waals surface area contributed by atoms with E-state index in [2.05, 4.69) is 6.92 Å². The molecule has 1 aliphatic carbocycles. The van der Waals surface area contributed by atoms with Crippen molar-refractivity contribution >= 4 is 11.8 Å². The van der Waals surface area contributed by atoms with Crippen molar-refractivity contribution in [2.24, 2.45) is 11.8 Å². The summed E-state index contributed by atoms with van der Waals surface area (Å²) in [7, 11) is 0. The summed E-state index contributed by atoms with van der Waals surface area (Å²) in [6.45, 7) is 2.04. The minimum atomic E-state index is -0.291. The predicted molar refractivity (Wildman–Crippen MR) is 63.4 cm³/mol. The van der Waals surface area contributed by atoms with E-state index in [1.165, 1.54) is 0 Å². The van der Waals surface area contributed by atoms with Gasteiger partial charge >= 0.3 is 5.97 Å². The smallest absolute Gasteiger partial charge is 0.306 e. The van der Waals surface area contributed by atoms with Crippen molar-refractivity contribution in [2.75, 3.05) is 13.2 Å². The molecule has 0 heterocycles. The van der Waals surface area contributed by atoms with Gasteiger partial charge in [-0.15, -0.1) is 0 Å². The van der Waals surface area contributed by atoms with Gasteiger partial charge < -0.3 is 9.84 Å². The molecule has 0 aromatic heterocycles. The predicted octanol–water partition coefficient (Wildman–Crippen LogP) is 1.70. The summed E-state index contributed by atoms with van der Waals surface area (Å²) < 4.78 is 4.84. The summed E-state index contributed by atoms with van der Waals surface area (Å²) in [5, 5.41) is 8.55. The molecule has 0 spiro atoms. The number of unbranched alkanes of at least 4 members (excludes halogenated alkanes) is 1. The first-order valence-electron chi connectivity index (χ1n) is 6.45. The van der Waals surface area contributed by atoms with E-state index in [1.54, 1.807) is 0 Å². The van der Waals surface area contributed by atoms with Crippen molar-refractivity contribution in [1.29, 1.82) is 0 Å². The second-order valence-electron chi connectivity index (χ2n) is 4.76. The van der Waals surface area contributed by atoms with Gasteiger partial charge in [-0.1, -0.05) is 19.8 Å². The number of ketones is 1. The van der Waals surface area contributed by atoms with E-state index in [0.29, 0.717) is 25.2 Å². The quantitative estimate of drug-likeness (QED) is 0.690. The molecule has 0 radical (unpaired) electrons. The Bertz CT molecular complexity index is 262. The molecule has 17 heavy (non-hydrogen) atoms. The third kappa shape index (κ3) is 4.86. The second kappa shape index (κ2) is 7.43. The molecule has 4 nitrogen and oxygen atoms in total. The number of aliphatic hydroxyl groups excluding tert-OH is 1. The minimum absolute atomic E-state index is 0.0547. The zero-order valence-corrected chi connectivity index (χ0v) is 10.5. The van der Waals surface area contributed by atoms with Crippen molar-refractivity contribution < 1.29 is 19.4 Å². The molecule has 1 saturated carbocycles. The Kier molecular flexibility index (Phi) is 6.19. The van der Waals surface area contributed by atoms with Gasteiger partial charge in [-0.05, 0) is 18.3 Å². The summed E-state index contributed by atoms with van der Waals surface area (Å²) in [6.07, 6.45) is 4.72. The molecule has 1 N–H and O–H groups in total. The number of hydrogen-bond acceptors (Lipinski definition) is 4. The topological polar surface area (TPSA) is 63.6 Å². The van der Waals surface area contributed by atoms with Crippen molar-refractivity contribution in [3.8, 4) is 0 Å². The zero-order valence-electron chi connectivity index (χ0n) is 10.5. The largest absolute Gasteiger partial charge is 0.463 e. The Hall–Kier alpha value is -0.900. The van der Waals surface area contributed by atoms with Crippen molar-refractivity contribution in [3.63, 3.8) is 0 Å². The third-order valence-corrected chi connectivity index (χ3v) is 3.36. The van der Waals surface area contributed by atoms with Gasteiger partial charge in [-0.25, -0.2) is 0 Å². The first kappa shape index (κ1) is 14.2. The fourth-order valence-corrected chi connectivity index (χ4v) is 2.48. The number of hydrogen-bond donors (Lipinski definition) is 1. The molecule has 1 rings (SSSR count). The monoisotopic (exact) mass is 242 g/mol. The van der Waals surface area contributed by atoms with Crippen LogP contribution < -0.4 is 0 Å². The Labute approximate surface area is 102 Å². The highest BCUT2D eigenvalue weighted by Gasteiger charge is 2.33. The average molecular weight is 242 g/mol. The third-order valence-electron chi connectivity index (χ3n) is 3.36. The van der Waals surface area contributed by atoms with Crippen LogP contribution in [-0.2, 0) is 14.3 Å². The van der Waals surface area contributed by atoms with Crippen LogP contribution in [-0.4, -0.2) is 30.1 Å². The SMILES string of the molecule is CCCCC1CC(=O)CC1CC(=O)OCCO. The van der Waals surface area contributed by atoms with E-state index in [4.69, 9.17) is 9.84 Å². The lowest BCUT2D eigenvalue weighted by molar-refractivity contribution is -0.146. The van der Waals surface area contributed by atoms with Crippen LogP contribution in [0, 0.1) is 11.8 Å². The number of aliphatic hydroxyl groups is 1. The van der Waals surface area contributed by atoms with Gasteiger partial charge in [0.15, 0.2) is 0 Å². The summed E-state index contributed by atoms with van der Waals surface area (Å²) in [6, 6.07) is 0. The van der Waals surface area contributed by atoms with Crippen LogP contribution in [0.3, 0.4) is 0 Å². The van der Waals surface area contributed by atoms with E-state index in [0.717, 1.165) is 19.3 Å². The van der Waals surface area contributed by atoms with E-state index in [1.807, 2.05) is 0 Å². The number of Topliss-reactive ketones (excluding diaryl/α,β-unsaturated/α-hetero) is 1. The Morgan fingerprint density at radius 2 is 2.12 bits per heavy atom. The van der Waals surface area contributed by atoms with Crippen LogP contribution in [0.25, 0.3) is 0 Å². The molecule has 0 saturated heterocycles. The number of carbonyl (C=O) groups excluding carboxylic acids is 2. The Morgan fingerprint density at radius 3 is 2.76 bits per heavy atom. The minimum Gasteiger partial charge on any atom is -0.463 e. The number of esters is 1. The van der Waals surface area contributed by atoms with Crippen LogP contribution in [0.4, 0.5) is 0 Å². The standard InChI is InChI=1S/C13H22O4/c1-2-3-4-10-7-12(15)8-11(10)9-13(16)17-6-5-14/h10-11,14H,2-9H2,1H3. The fourth-order valence-electron chi connectivity index (χ4n) is 2.48. The van der Waals surface area contributed by atoms with Crippen LogP contribution in [0.15, 0.2) is 0 Å². The van der Waals surface area contributed by atoms with Gasteiger partial charge in [0, 0.05) is 19.3 Å². The van der Waals surface area contributed by atoms with Crippen molar-refractivity contribution in [3.05, 3.63) is 0 Å². The van der Waals surface area contributed by atoms with E-state index < -0.39 is 0 Å². The molecule has 1 fully saturated rings. The molecule has 0 amide bonds. The summed E-state index contributed by atoms with van der Waals surface area (Å²) >= 11 is 0. The molecular formula is C13H22O4. The number of ether oxygens (including phenoxy) is 1. The number of carbonyl (C=O) groups is 2. The fraction of sp³-hybridized carbons (Fsp3) is 0.846. The van der Waals surface area contributed by atoms with Crippen molar-refractivity contribution in [1.82, 2.24) is 0 Å². The normalized spacial score (nSPS) is 24.0. The van der Waals surface area contributed by atoms with Gasteiger partial charge in [-0.2, -0.15) is 0 Å². The maximum Gasteiger partial charge on any atom is 0.306 e. The van der Waals surface area contributed by atoms with Gasteiger partial charge in [0.25, 0.3) is 0 Å². The molecule has 2 unspecified atom stereocenters. The molecular weight excluding hydrogens is 220 g/mol. The Morgan fingerprint density at radius 1 is 1.41 bits per heavy atom. The van der Waals surface area contributed by atoms with E-state index >= 15 is 0 Å². The van der Waals surface area contributed by atoms with Gasteiger partial charge in [0.1, 0.15) is 12.4 Å². The molecule has 0 aliphatic heterocycles. The summed E-state index contributed by atoms with van der Waals surface area (Å²) in [4.78, 5) is 22.9. The summed E-state index contributed by atoms with van der Waals surface area (Å²) in [5.41, 5.74) is 0. The van der Waals surface area contributed by atoms with Gasteiger partial charge in [-0.3, -0.25) is 9.59 Å². The first-order valence-corrected chi connectivity index (χ1v) is 6.45. The highest BCUT2D eigenvalue weighted by atomic mass is 16.5. The van der Waals surface area contributed by atoms with Crippen LogP contribution in [0.5, 0.6) is 0 Å². The van der Waals surface area contributed by atoms with Gasteiger partial charge in [0.05, 0.1) is 6.61 Å². The maximum atomic E-state index is 11.4. The Balaban J connectivity index is 2.38. The average Bonchev–Trinajstić information content (AvgIpc) is 2.64. The van der Waals surface area contributed by atoms with Crippen LogP contribution in [0.2, 0.25) is 0 Å². The second-order valence-corrected chi connectivity index (χ2v) is 4.76. The molecule has 2 atom stereocenters. The summed E-state index contributed by atoms with van der Waals surface area (Å²) in [5.74, 6) is 0.482. The maximum absolute atomic E-state index is 11.4. The van der Waals surface area contributed by atoms with Crippen molar-refractivity contribution in [2.45, 2.75) is 45.4 Å².